The van der Waals surface area contributed by atoms with E-state index in [9.17, 15) is 4.79 Å². The van der Waals surface area contributed by atoms with Gasteiger partial charge >= 0.3 is 0 Å². The van der Waals surface area contributed by atoms with Crippen LogP contribution in [-0.4, -0.2) is 48.4 Å². The van der Waals surface area contributed by atoms with Crippen molar-refractivity contribution in [3.8, 4) is 0 Å². The second-order valence-corrected chi connectivity index (χ2v) is 3.90. The van der Waals surface area contributed by atoms with Gasteiger partial charge in [-0.3, -0.25) is 4.79 Å². The Balaban J connectivity index is 0.000000461. The van der Waals surface area contributed by atoms with Gasteiger partial charge in [0.15, 0.2) is 0 Å². The lowest BCUT2D eigenvalue weighted by Gasteiger charge is -2.42. The van der Waals surface area contributed by atoms with Crippen LogP contribution in [0.15, 0.2) is 0 Å². The number of nitrogens with zero attached hydrogens (tertiary/aromatic N) is 2. The zero-order chi connectivity index (χ0) is 10.6. The number of carbonyl (C=O) groups excluding carboxylic acids is 1. The van der Waals surface area contributed by atoms with E-state index in [2.05, 4.69) is 16.8 Å². The van der Waals surface area contributed by atoms with Gasteiger partial charge in [-0.2, -0.15) is 0 Å². The van der Waals surface area contributed by atoms with E-state index in [-0.39, 0.29) is 0 Å². The van der Waals surface area contributed by atoms with E-state index in [0.29, 0.717) is 11.9 Å². The predicted octanol–water partition coefficient (Wildman–Crippen LogP) is 1.34. The molecule has 2 rings (SSSR count). The number of rotatable bonds is 0. The number of fused-ring (bicyclic) bond motifs is 1. The predicted molar refractivity (Wildman–Crippen MR) is 58.2 cm³/mol. The normalized spacial score (nSPS) is 27.8. The largest absolute Gasteiger partial charge is 0.337 e. The summed E-state index contributed by atoms with van der Waals surface area (Å²) in [5.41, 5.74) is 0. The summed E-state index contributed by atoms with van der Waals surface area (Å²) >= 11 is 0. The molecule has 0 saturated carbocycles. The molecule has 0 aromatic carbocycles. The van der Waals surface area contributed by atoms with E-state index in [1.54, 1.807) is 0 Å². The molecule has 82 valence electrons. The van der Waals surface area contributed by atoms with Crippen LogP contribution in [0, 0.1) is 0 Å². The molecule has 14 heavy (non-hydrogen) atoms. The molecule has 2 saturated heterocycles. The molecule has 2 aliphatic rings. The zero-order valence-corrected chi connectivity index (χ0v) is 9.62. The first-order chi connectivity index (χ1) is 6.77. The van der Waals surface area contributed by atoms with Crippen molar-refractivity contribution < 1.29 is 4.79 Å². The molecule has 0 N–H and O–H groups in total. The minimum atomic E-state index is 0.374. The van der Waals surface area contributed by atoms with E-state index in [1.807, 2.05) is 13.8 Å². The van der Waals surface area contributed by atoms with Gasteiger partial charge < -0.3 is 9.80 Å². The molecule has 2 heterocycles. The highest BCUT2D eigenvalue weighted by molar-refractivity contribution is 5.77. The van der Waals surface area contributed by atoms with Crippen molar-refractivity contribution in [1.82, 2.24) is 9.80 Å². The third-order valence-corrected chi connectivity index (χ3v) is 2.93. The second-order valence-electron chi connectivity index (χ2n) is 3.90. The van der Waals surface area contributed by atoms with E-state index >= 15 is 0 Å². The molecule has 0 aromatic heterocycles. The van der Waals surface area contributed by atoms with E-state index in [1.165, 1.54) is 6.42 Å². The SMILES string of the molecule is CC.CN1CCN2C(=O)CCCC2C1. The maximum absolute atomic E-state index is 11.4. The first-order valence-corrected chi connectivity index (χ1v) is 5.75. The van der Waals surface area contributed by atoms with Crippen LogP contribution in [0.4, 0.5) is 0 Å². The summed E-state index contributed by atoms with van der Waals surface area (Å²) in [7, 11) is 2.14. The molecule has 2 aliphatic heterocycles. The average molecular weight is 198 g/mol. The average Bonchev–Trinajstić information content (AvgIpc) is 2.21. The highest BCUT2D eigenvalue weighted by atomic mass is 16.2. The van der Waals surface area contributed by atoms with E-state index in [0.717, 1.165) is 32.5 Å². The Morgan fingerprint density at radius 3 is 2.71 bits per heavy atom. The second kappa shape index (κ2) is 5.35. The lowest BCUT2D eigenvalue weighted by molar-refractivity contribution is -0.139. The zero-order valence-electron chi connectivity index (χ0n) is 9.62. The molecule has 0 bridgehead atoms. The molecule has 3 nitrogen and oxygen atoms in total. The van der Waals surface area contributed by atoms with Crippen LogP contribution in [0.5, 0.6) is 0 Å². The number of piperazine rings is 1. The fraction of sp³-hybridized carbons (Fsp3) is 0.909. The number of hydrogen-bond acceptors (Lipinski definition) is 2. The summed E-state index contributed by atoms with van der Waals surface area (Å²) in [5.74, 6) is 0.374. The Kier molecular flexibility index (Phi) is 4.39. The summed E-state index contributed by atoms with van der Waals surface area (Å²) in [6.45, 7) is 7.06. The Hall–Kier alpha value is -0.570. The molecular weight excluding hydrogens is 176 g/mol. The van der Waals surface area contributed by atoms with Crippen LogP contribution in [-0.2, 0) is 4.79 Å². The van der Waals surface area contributed by atoms with Gasteiger partial charge in [0, 0.05) is 32.1 Å². The molecule has 3 heteroatoms. The minimum Gasteiger partial charge on any atom is -0.337 e. The number of hydrogen-bond donors (Lipinski definition) is 0. The summed E-state index contributed by atoms with van der Waals surface area (Å²) in [5, 5.41) is 0. The Morgan fingerprint density at radius 1 is 1.29 bits per heavy atom. The molecule has 2 fully saturated rings. The van der Waals surface area contributed by atoms with E-state index in [4.69, 9.17) is 0 Å². The van der Waals surface area contributed by atoms with Crippen LogP contribution in [0.2, 0.25) is 0 Å². The molecule has 0 aliphatic carbocycles. The van der Waals surface area contributed by atoms with Crippen molar-refractivity contribution in [1.29, 1.82) is 0 Å². The van der Waals surface area contributed by atoms with Gasteiger partial charge in [0.05, 0.1) is 0 Å². The van der Waals surface area contributed by atoms with Crippen molar-refractivity contribution in [2.24, 2.45) is 0 Å². The van der Waals surface area contributed by atoms with Crippen LogP contribution < -0.4 is 0 Å². The lowest BCUT2D eigenvalue weighted by Crippen LogP contribution is -2.55. The summed E-state index contributed by atoms with van der Waals surface area (Å²) < 4.78 is 0. The fourth-order valence-electron chi connectivity index (χ4n) is 2.22. The van der Waals surface area contributed by atoms with E-state index < -0.39 is 0 Å². The van der Waals surface area contributed by atoms with Gasteiger partial charge in [-0.05, 0) is 19.9 Å². The molecular formula is C11H22N2O. The standard InChI is InChI=1S/C9H16N2O.C2H6/c1-10-5-6-11-8(7-10)3-2-4-9(11)12;1-2/h8H,2-7H2,1H3;1-2H3. The summed E-state index contributed by atoms with van der Waals surface area (Å²) in [4.78, 5) is 15.8. The molecule has 1 atom stereocenters. The number of amides is 1. The Morgan fingerprint density at radius 2 is 2.00 bits per heavy atom. The maximum atomic E-state index is 11.4. The first-order valence-electron chi connectivity index (χ1n) is 5.75. The monoisotopic (exact) mass is 198 g/mol. The Labute approximate surface area is 87.1 Å². The van der Waals surface area contributed by atoms with Crippen molar-refractivity contribution in [3.05, 3.63) is 0 Å². The van der Waals surface area contributed by atoms with Gasteiger partial charge in [0.25, 0.3) is 0 Å². The van der Waals surface area contributed by atoms with Crippen molar-refractivity contribution >= 4 is 5.91 Å². The van der Waals surface area contributed by atoms with Gasteiger partial charge in [-0.15, -0.1) is 0 Å². The van der Waals surface area contributed by atoms with Gasteiger partial charge in [-0.1, -0.05) is 13.8 Å². The first kappa shape index (κ1) is 11.5. The molecule has 0 aromatic rings. The Bertz CT molecular complexity index is 194. The quantitative estimate of drug-likeness (QED) is 0.586. The third-order valence-electron chi connectivity index (χ3n) is 2.93. The van der Waals surface area contributed by atoms with Crippen molar-refractivity contribution in [3.63, 3.8) is 0 Å². The number of carbonyl (C=O) groups is 1. The maximum Gasteiger partial charge on any atom is 0.222 e. The highest BCUT2D eigenvalue weighted by Gasteiger charge is 2.31. The molecule has 1 unspecified atom stereocenters. The number of piperidine rings is 1. The van der Waals surface area contributed by atoms with Gasteiger partial charge in [0.2, 0.25) is 5.91 Å². The minimum absolute atomic E-state index is 0.374. The molecule has 1 amide bonds. The molecule has 0 spiro atoms. The van der Waals surface area contributed by atoms with Crippen LogP contribution in [0.1, 0.15) is 33.1 Å². The highest BCUT2D eigenvalue weighted by Crippen LogP contribution is 2.21. The lowest BCUT2D eigenvalue weighted by atomic mass is 9.99. The third kappa shape index (κ3) is 2.47. The number of likely N-dealkylation sites (N-methyl/N-ethyl adjacent to an activating group) is 1. The van der Waals surface area contributed by atoms with Crippen molar-refractivity contribution in [2.75, 3.05) is 26.7 Å². The smallest absolute Gasteiger partial charge is 0.222 e. The van der Waals surface area contributed by atoms with Gasteiger partial charge in [0.1, 0.15) is 0 Å². The van der Waals surface area contributed by atoms with Gasteiger partial charge in [-0.25, -0.2) is 0 Å². The van der Waals surface area contributed by atoms with Crippen LogP contribution in [0.25, 0.3) is 0 Å². The fourth-order valence-corrected chi connectivity index (χ4v) is 2.22. The van der Waals surface area contributed by atoms with Crippen molar-refractivity contribution in [2.45, 2.75) is 39.2 Å². The summed E-state index contributed by atoms with van der Waals surface area (Å²) in [6.07, 6.45) is 3.07. The van der Waals surface area contributed by atoms with Crippen LogP contribution >= 0.6 is 0 Å². The summed E-state index contributed by atoms with van der Waals surface area (Å²) in [6, 6.07) is 0.519. The molecule has 0 radical (unpaired) electrons. The topological polar surface area (TPSA) is 23.6 Å². The van der Waals surface area contributed by atoms with Crippen LogP contribution in [0.3, 0.4) is 0 Å².